The number of hydrogen-bond acceptors (Lipinski definition) is 5. The van der Waals surface area contributed by atoms with Crippen LogP contribution in [0.2, 0.25) is 0 Å². The first-order chi connectivity index (χ1) is 9.82. The summed E-state index contributed by atoms with van der Waals surface area (Å²) in [5.41, 5.74) is 0.560. The van der Waals surface area contributed by atoms with Crippen LogP contribution < -0.4 is 0 Å². The predicted octanol–water partition coefficient (Wildman–Crippen LogP) is 0.758. The van der Waals surface area contributed by atoms with Crippen LogP contribution in [0.1, 0.15) is 25.0 Å². The number of likely N-dealkylation sites (N-methyl/N-ethyl adjacent to an activating group) is 1. The Morgan fingerprint density at radius 2 is 2.00 bits per heavy atom. The van der Waals surface area contributed by atoms with Crippen LogP contribution in [-0.2, 0) is 14.8 Å². The monoisotopic (exact) mass is 317 g/mol. The number of aliphatic hydroxyl groups excluding tert-OH is 2. The predicted molar refractivity (Wildman–Crippen MR) is 79.4 cm³/mol. The molecule has 0 saturated heterocycles. The lowest BCUT2D eigenvalue weighted by Gasteiger charge is -2.21. The molecule has 0 heterocycles. The van der Waals surface area contributed by atoms with E-state index in [-0.39, 0.29) is 18.0 Å². The molecule has 6 nitrogen and oxygen atoms in total. The summed E-state index contributed by atoms with van der Waals surface area (Å²) in [6.45, 7) is 1.82. The topological polar surface area (TPSA) is 87.1 Å². The number of hydrogen-bond donors (Lipinski definition) is 2. The molecule has 0 fully saturated rings. The summed E-state index contributed by atoms with van der Waals surface area (Å²) in [4.78, 5) is 0.0969. The fourth-order valence-corrected chi connectivity index (χ4v) is 3.20. The Labute approximate surface area is 126 Å². The number of ether oxygens (including phenoxy) is 1. The molecule has 2 atom stereocenters. The lowest BCUT2D eigenvalue weighted by molar-refractivity contribution is 0.0554. The minimum atomic E-state index is -3.71. The molecule has 2 unspecified atom stereocenters. The van der Waals surface area contributed by atoms with Crippen LogP contribution in [0.4, 0.5) is 0 Å². The lowest BCUT2D eigenvalue weighted by atomic mass is 10.1. The maximum absolute atomic E-state index is 12.4. The van der Waals surface area contributed by atoms with Crippen molar-refractivity contribution in [3.8, 4) is 0 Å². The molecule has 7 heteroatoms. The molecule has 1 rings (SSSR count). The van der Waals surface area contributed by atoms with Gasteiger partial charge < -0.3 is 14.9 Å². The standard InChI is InChI=1S/C14H23NO5S/c1-4-14(17)11-6-5-7-13(8-11)21(18,19)15(2)9-12(16)10-20-3/h5-8,12,14,16-17H,4,9-10H2,1-3H3. The molecule has 0 aromatic heterocycles. The van der Waals surface area contributed by atoms with Crippen molar-refractivity contribution in [3.63, 3.8) is 0 Å². The van der Waals surface area contributed by atoms with E-state index in [1.807, 2.05) is 6.92 Å². The van der Waals surface area contributed by atoms with Crippen molar-refractivity contribution < 1.29 is 23.4 Å². The Balaban J connectivity index is 2.96. The van der Waals surface area contributed by atoms with E-state index in [1.54, 1.807) is 12.1 Å². The first kappa shape index (κ1) is 18.1. The summed E-state index contributed by atoms with van der Waals surface area (Å²) in [6, 6.07) is 6.22. The highest BCUT2D eigenvalue weighted by Gasteiger charge is 2.23. The molecule has 1 aromatic rings. The van der Waals surface area contributed by atoms with Crippen molar-refractivity contribution in [2.45, 2.75) is 30.4 Å². The lowest BCUT2D eigenvalue weighted by Crippen LogP contribution is -2.36. The summed E-state index contributed by atoms with van der Waals surface area (Å²) >= 11 is 0. The Hall–Kier alpha value is -0.990. The zero-order valence-electron chi connectivity index (χ0n) is 12.6. The van der Waals surface area contributed by atoms with E-state index in [4.69, 9.17) is 4.74 Å². The maximum Gasteiger partial charge on any atom is 0.242 e. The van der Waals surface area contributed by atoms with Crippen LogP contribution in [0.15, 0.2) is 29.2 Å². The number of aliphatic hydroxyl groups is 2. The van der Waals surface area contributed by atoms with Crippen molar-refractivity contribution in [1.82, 2.24) is 4.31 Å². The van der Waals surface area contributed by atoms with Gasteiger partial charge in [-0.15, -0.1) is 0 Å². The molecule has 0 amide bonds. The van der Waals surface area contributed by atoms with Gasteiger partial charge in [0.25, 0.3) is 0 Å². The zero-order chi connectivity index (χ0) is 16.0. The Morgan fingerprint density at radius 1 is 1.33 bits per heavy atom. The smallest absolute Gasteiger partial charge is 0.242 e. The number of methoxy groups -OCH3 is 1. The Kier molecular flexibility index (Phi) is 6.76. The highest BCUT2D eigenvalue weighted by atomic mass is 32.2. The molecule has 1 aromatic carbocycles. The quantitative estimate of drug-likeness (QED) is 0.739. The van der Waals surface area contributed by atoms with Gasteiger partial charge in [-0.25, -0.2) is 8.42 Å². The van der Waals surface area contributed by atoms with Gasteiger partial charge in [0.1, 0.15) is 0 Å². The Morgan fingerprint density at radius 3 is 2.57 bits per heavy atom. The van der Waals surface area contributed by atoms with Gasteiger partial charge in [0.15, 0.2) is 0 Å². The van der Waals surface area contributed by atoms with Gasteiger partial charge >= 0.3 is 0 Å². The third-order valence-electron chi connectivity index (χ3n) is 3.16. The molecule has 0 saturated carbocycles. The van der Waals surface area contributed by atoms with Crippen LogP contribution in [0.5, 0.6) is 0 Å². The van der Waals surface area contributed by atoms with Crippen LogP contribution in [-0.4, -0.2) is 56.3 Å². The minimum absolute atomic E-state index is 0.0588. The second-order valence-corrected chi connectivity index (χ2v) is 6.94. The van der Waals surface area contributed by atoms with E-state index in [0.717, 1.165) is 4.31 Å². The Bertz CT molecular complexity index is 546. The summed E-state index contributed by atoms with van der Waals surface area (Å²) < 4.78 is 30.7. The molecule has 120 valence electrons. The largest absolute Gasteiger partial charge is 0.389 e. The fraction of sp³-hybridized carbons (Fsp3) is 0.571. The van der Waals surface area contributed by atoms with Crippen molar-refractivity contribution in [3.05, 3.63) is 29.8 Å². The van der Waals surface area contributed by atoms with E-state index >= 15 is 0 Å². The zero-order valence-corrected chi connectivity index (χ0v) is 13.4. The molecule has 0 bridgehead atoms. The number of nitrogens with zero attached hydrogens (tertiary/aromatic N) is 1. The summed E-state index contributed by atoms with van der Waals surface area (Å²) in [5.74, 6) is 0. The van der Waals surface area contributed by atoms with E-state index < -0.39 is 22.2 Å². The number of rotatable bonds is 8. The fourth-order valence-electron chi connectivity index (χ4n) is 1.94. The second kappa shape index (κ2) is 7.86. The summed E-state index contributed by atoms with van der Waals surface area (Å²) in [7, 11) is -0.872. The van der Waals surface area contributed by atoms with Gasteiger partial charge in [0, 0.05) is 20.7 Å². The average Bonchev–Trinajstić information content (AvgIpc) is 2.46. The molecule has 0 spiro atoms. The summed E-state index contributed by atoms with van der Waals surface area (Å²) in [6.07, 6.45) is -1.07. The van der Waals surface area contributed by atoms with Crippen LogP contribution in [0.25, 0.3) is 0 Å². The van der Waals surface area contributed by atoms with Gasteiger partial charge in [-0.1, -0.05) is 19.1 Å². The molecule has 0 radical (unpaired) electrons. The van der Waals surface area contributed by atoms with Crippen LogP contribution in [0.3, 0.4) is 0 Å². The van der Waals surface area contributed by atoms with E-state index in [2.05, 4.69) is 0 Å². The van der Waals surface area contributed by atoms with Crippen molar-refractivity contribution in [2.75, 3.05) is 27.3 Å². The molecular formula is C14H23NO5S. The molecule has 21 heavy (non-hydrogen) atoms. The number of benzene rings is 1. The second-order valence-electron chi connectivity index (χ2n) is 4.89. The average molecular weight is 317 g/mol. The highest BCUT2D eigenvalue weighted by molar-refractivity contribution is 7.89. The molecule has 0 aliphatic rings. The molecule has 0 aliphatic heterocycles. The first-order valence-corrected chi connectivity index (χ1v) is 8.18. The summed E-state index contributed by atoms with van der Waals surface area (Å²) in [5, 5.41) is 19.4. The highest BCUT2D eigenvalue weighted by Crippen LogP contribution is 2.21. The van der Waals surface area contributed by atoms with Gasteiger partial charge in [-0.2, -0.15) is 4.31 Å². The van der Waals surface area contributed by atoms with Crippen LogP contribution in [0, 0.1) is 0 Å². The molecule has 2 N–H and O–H groups in total. The van der Waals surface area contributed by atoms with Gasteiger partial charge in [0.2, 0.25) is 10.0 Å². The van der Waals surface area contributed by atoms with E-state index in [0.29, 0.717) is 12.0 Å². The van der Waals surface area contributed by atoms with Crippen molar-refractivity contribution in [2.24, 2.45) is 0 Å². The normalized spacial score (nSPS) is 15.1. The van der Waals surface area contributed by atoms with Gasteiger partial charge in [0.05, 0.1) is 23.7 Å². The SMILES string of the molecule is CCC(O)c1cccc(S(=O)(=O)N(C)CC(O)COC)c1. The van der Waals surface area contributed by atoms with Crippen molar-refractivity contribution >= 4 is 10.0 Å². The molecular weight excluding hydrogens is 294 g/mol. The molecule has 0 aliphatic carbocycles. The number of sulfonamides is 1. The maximum atomic E-state index is 12.4. The van der Waals surface area contributed by atoms with Crippen LogP contribution >= 0.6 is 0 Å². The van der Waals surface area contributed by atoms with E-state index in [9.17, 15) is 18.6 Å². The van der Waals surface area contributed by atoms with Gasteiger partial charge in [-0.3, -0.25) is 0 Å². The first-order valence-electron chi connectivity index (χ1n) is 6.74. The third kappa shape index (κ3) is 4.76. The van der Waals surface area contributed by atoms with Crippen molar-refractivity contribution in [1.29, 1.82) is 0 Å². The van der Waals surface area contributed by atoms with Gasteiger partial charge in [-0.05, 0) is 24.1 Å². The minimum Gasteiger partial charge on any atom is -0.389 e. The van der Waals surface area contributed by atoms with E-state index in [1.165, 1.54) is 26.3 Å². The third-order valence-corrected chi connectivity index (χ3v) is 4.98.